The zero-order valence-electron chi connectivity index (χ0n) is 13.4. The van der Waals surface area contributed by atoms with Gasteiger partial charge in [0.25, 0.3) is 0 Å². The fourth-order valence-corrected chi connectivity index (χ4v) is 2.94. The molecule has 0 aliphatic carbocycles. The normalized spacial score (nSPS) is 25.3. The minimum atomic E-state index is -0.458. The number of allylic oxidation sites excluding steroid dienone is 1. The van der Waals surface area contributed by atoms with Crippen LogP contribution in [0.4, 0.5) is 4.79 Å². The molecule has 0 radical (unpaired) electrons. The Labute approximate surface area is 127 Å². The van der Waals surface area contributed by atoms with Crippen LogP contribution in [-0.2, 0) is 9.47 Å². The van der Waals surface area contributed by atoms with Crippen molar-refractivity contribution < 1.29 is 14.3 Å². The van der Waals surface area contributed by atoms with Crippen molar-refractivity contribution in [3.8, 4) is 0 Å². The van der Waals surface area contributed by atoms with E-state index in [9.17, 15) is 4.79 Å². The Hall–Kier alpha value is -1.29. The molecule has 0 aromatic carbocycles. The highest BCUT2D eigenvalue weighted by Gasteiger charge is 2.39. The molecule has 4 nitrogen and oxygen atoms in total. The number of rotatable bonds is 4. The molecule has 2 bridgehead atoms. The SMILES string of the molecule is C=CCCCC1=CC2COCC(C1)N2C(=O)OC(C)(C)C. The first-order valence-electron chi connectivity index (χ1n) is 7.80. The van der Waals surface area contributed by atoms with Crippen molar-refractivity contribution >= 4 is 6.09 Å². The summed E-state index contributed by atoms with van der Waals surface area (Å²) in [7, 11) is 0. The van der Waals surface area contributed by atoms with Crippen LogP contribution < -0.4 is 0 Å². The molecule has 1 fully saturated rings. The summed E-state index contributed by atoms with van der Waals surface area (Å²) in [5.41, 5.74) is 0.982. The summed E-state index contributed by atoms with van der Waals surface area (Å²) >= 11 is 0. The number of carbonyl (C=O) groups excluding carboxylic acids is 1. The summed E-state index contributed by atoms with van der Waals surface area (Å²) in [6, 6.07) is 0.133. The number of unbranched alkanes of at least 4 members (excludes halogenated alkanes) is 1. The first-order chi connectivity index (χ1) is 9.90. The Balaban J connectivity index is 2.04. The van der Waals surface area contributed by atoms with Crippen LogP contribution in [0.3, 0.4) is 0 Å². The van der Waals surface area contributed by atoms with Crippen LogP contribution in [0.25, 0.3) is 0 Å². The van der Waals surface area contributed by atoms with E-state index in [1.54, 1.807) is 0 Å². The number of fused-ring (bicyclic) bond motifs is 2. The van der Waals surface area contributed by atoms with E-state index in [2.05, 4.69) is 12.7 Å². The molecule has 0 aromatic heterocycles. The molecule has 21 heavy (non-hydrogen) atoms. The van der Waals surface area contributed by atoms with E-state index in [0.717, 1.165) is 25.7 Å². The van der Waals surface area contributed by atoms with E-state index in [4.69, 9.17) is 9.47 Å². The topological polar surface area (TPSA) is 38.8 Å². The fraction of sp³-hybridized carbons (Fsp3) is 0.706. The average Bonchev–Trinajstić information content (AvgIpc) is 2.35. The lowest BCUT2D eigenvalue weighted by Crippen LogP contribution is -2.57. The second-order valence-corrected chi connectivity index (χ2v) is 6.86. The van der Waals surface area contributed by atoms with Crippen molar-refractivity contribution in [1.82, 2.24) is 4.90 Å². The summed E-state index contributed by atoms with van der Waals surface area (Å²) in [4.78, 5) is 14.3. The number of hydrogen-bond donors (Lipinski definition) is 0. The second-order valence-electron chi connectivity index (χ2n) is 6.86. The van der Waals surface area contributed by atoms with Gasteiger partial charge in [-0.25, -0.2) is 4.79 Å². The molecule has 1 saturated heterocycles. The molecule has 2 unspecified atom stereocenters. The van der Waals surface area contributed by atoms with Gasteiger partial charge in [0.05, 0.1) is 25.3 Å². The summed E-state index contributed by atoms with van der Waals surface area (Å²) in [5.74, 6) is 0. The monoisotopic (exact) mass is 293 g/mol. The Kier molecular flexibility index (Phi) is 5.09. The zero-order chi connectivity index (χ0) is 15.5. The van der Waals surface area contributed by atoms with Gasteiger partial charge >= 0.3 is 6.09 Å². The molecule has 2 aliphatic rings. The van der Waals surface area contributed by atoms with Crippen molar-refractivity contribution in [1.29, 1.82) is 0 Å². The molecule has 118 valence electrons. The van der Waals surface area contributed by atoms with Gasteiger partial charge in [0.2, 0.25) is 0 Å². The van der Waals surface area contributed by atoms with Gasteiger partial charge in [-0.05, 0) is 46.5 Å². The van der Waals surface area contributed by atoms with Crippen LogP contribution in [0.1, 0.15) is 46.5 Å². The quantitative estimate of drug-likeness (QED) is 0.586. The molecule has 1 amide bonds. The third-order valence-electron chi connectivity index (χ3n) is 3.79. The number of amides is 1. The number of carbonyl (C=O) groups is 1. The van der Waals surface area contributed by atoms with Crippen LogP contribution in [-0.4, -0.2) is 41.9 Å². The van der Waals surface area contributed by atoms with Gasteiger partial charge in [-0.2, -0.15) is 0 Å². The van der Waals surface area contributed by atoms with Gasteiger partial charge in [0.1, 0.15) is 5.60 Å². The molecule has 0 aromatic rings. The van der Waals surface area contributed by atoms with Crippen LogP contribution >= 0.6 is 0 Å². The van der Waals surface area contributed by atoms with E-state index >= 15 is 0 Å². The average molecular weight is 293 g/mol. The molecule has 2 rings (SSSR count). The van der Waals surface area contributed by atoms with Gasteiger partial charge in [0, 0.05) is 0 Å². The summed E-state index contributed by atoms with van der Waals surface area (Å²) in [6.07, 6.45) is 8.08. The molecule has 2 heterocycles. The van der Waals surface area contributed by atoms with Crippen molar-refractivity contribution in [2.45, 2.75) is 64.1 Å². The van der Waals surface area contributed by atoms with Crippen LogP contribution in [0.5, 0.6) is 0 Å². The van der Waals surface area contributed by atoms with Crippen molar-refractivity contribution in [2.75, 3.05) is 13.2 Å². The maximum Gasteiger partial charge on any atom is 0.411 e. The first-order valence-corrected chi connectivity index (χ1v) is 7.80. The number of nitrogens with zero attached hydrogens (tertiary/aromatic N) is 1. The molecule has 2 atom stereocenters. The molecule has 4 heteroatoms. The van der Waals surface area contributed by atoms with Crippen molar-refractivity contribution in [3.63, 3.8) is 0 Å². The molecule has 0 N–H and O–H groups in total. The lowest BCUT2D eigenvalue weighted by Gasteiger charge is -2.44. The molecular weight excluding hydrogens is 266 g/mol. The predicted molar refractivity (Wildman–Crippen MR) is 83.2 cm³/mol. The van der Waals surface area contributed by atoms with Gasteiger partial charge in [-0.3, -0.25) is 4.90 Å². The summed E-state index contributed by atoms with van der Waals surface area (Å²) in [5, 5.41) is 0. The highest BCUT2D eigenvalue weighted by atomic mass is 16.6. The van der Waals surface area contributed by atoms with Crippen LogP contribution in [0.15, 0.2) is 24.3 Å². The van der Waals surface area contributed by atoms with Gasteiger partial charge < -0.3 is 9.47 Å². The van der Waals surface area contributed by atoms with Crippen LogP contribution in [0.2, 0.25) is 0 Å². The maximum atomic E-state index is 12.4. The highest BCUT2D eigenvalue weighted by Crippen LogP contribution is 2.30. The molecule has 2 aliphatic heterocycles. The third-order valence-corrected chi connectivity index (χ3v) is 3.79. The Morgan fingerprint density at radius 1 is 1.52 bits per heavy atom. The third kappa shape index (κ3) is 4.34. The van der Waals surface area contributed by atoms with Crippen molar-refractivity contribution in [2.24, 2.45) is 0 Å². The number of hydrogen-bond acceptors (Lipinski definition) is 3. The molecule has 0 saturated carbocycles. The molecular formula is C17H27NO3. The van der Waals surface area contributed by atoms with Crippen molar-refractivity contribution in [3.05, 3.63) is 24.3 Å². The second kappa shape index (κ2) is 6.65. The van der Waals surface area contributed by atoms with E-state index in [1.807, 2.05) is 31.7 Å². The summed E-state index contributed by atoms with van der Waals surface area (Å²) in [6.45, 7) is 10.6. The van der Waals surface area contributed by atoms with Gasteiger partial charge in [0.15, 0.2) is 0 Å². The Morgan fingerprint density at radius 2 is 2.29 bits per heavy atom. The molecule has 0 spiro atoms. The lowest BCUT2D eigenvalue weighted by molar-refractivity contribution is -0.0537. The smallest absolute Gasteiger partial charge is 0.411 e. The predicted octanol–water partition coefficient (Wildman–Crippen LogP) is 3.68. The van der Waals surface area contributed by atoms with E-state index in [-0.39, 0.29) is 18.2 Å². The lowest BCUT2D eigenvalue weighted by atomic mass is 9.91. The maximum absolute atomic E-state index is 12.4. The fourth-order valence-electron chi connectivity index (χ4n) is 2.94. The van der Waals surface area contributed by atoms with Crippen LogP contribution in [0, 0.1) is 0 Å². The van der Waals surface area contributed by atoms with E-state index < -0.39 is 5.60 Å². The Bertz CT molecular complexity index is 422. The zero-order valence-corrected chi connectivity index (χ0v) is 13.4. The number of morpholine rings is 1. The van der Waals surface area contributed by atoms with E-state index in [1.165, 1.54) is 5.57 Å². The standard InChI is InChI=1S/C17H27NO3/c1-5-6-7-8-13-9-14-11-20-12-15(10-13)18(14)16(19)21-17(2,3)4/h5,9,14-15H,1,6-8,10-12H2,2-4H3. The van der Waals surface area contributed by atoms with Gasteiger partial charge in [-0.15, -0.1) is 6.58 Å². The highest BCUT2D eigenvalue weighted by molar-refractivity contribution is 5.70. The van der Waals surface area contributed by atoms with Gasteiger partial charge in [-0.1, -0.05) is 17.7 Å². The minimum Gasteiger partial charge on any atom is -0.444 e. The first kappa shape index (κ1) is 16.1. The largest absolute Gasteiger partial charge is 0.444 e. The number of ether oxygens (including phenoxy) is 2. The summed E-state index contributed by atoms with van der Waals surface area (Å²) < 4.78 is 11.1. The van der Waals surface area contributed by atoms with E-state index in [0.29, 0.717) is 13.2 Å². The Morgan fingerprint density at radius 3 is 2.90 bits per heavy atom. The minimum absolute atomic E-state index is 0.0195.